The minimum atomic E-state index is 0.0181. The minimum absolute atomic E-state index is 0.0181. The van der Waals surface area contributed by atoms with Crippen LogP contribution in [0.3, 0.4) is 0 Å². The van der Waals surface area contributed by atoms with Gasteiger partial charge in [0.1, 0.15) is 0 Å². The fourth-order valence-corrected chi connectivity index (χ4v) is 1.82. The molecule has 0 radical (unpaired) electrons. The average Bonchev–Trinajstić information content (AvgIpc) is 2.52. The second-order valence-corrected chi connectivity index (χ2v) is 3.99. The first-order chi connectivity index (χ1) is 6.63. The van der Waals surface area contributed by atoms with Gasteiger partial charge >= 0.3 is 0 Å². The van der Waals surface area contributed by atoms with Gasteiger partial charge < -0.3 is 4.90 Å². The Morgan fingerprint density at radius 1 is 1.71 bits per heavy atom. The van der Waals surface area contributed by atoms with E-state index in [4.69, 9.17) is 5.26 Å². The average molecular weight is 195 g/mol. The smallest absolute Gasteiger partial charge is 0.160 e. The van der Waals surface area contributed by atoms with Gasteiger partial charge in [0.15, 0.2) is 5.78 Å². The standard InChI is InChI=1S/C10H17N3O/c1-12-6-4-9(7-12)13(2)8-10(14)3-5-11/h9H,3-4,6-8H2,1-2H3. The van der Waals surface area contributed by atoms with Crippen LogP contribution in [0.2, 0.25) is 0 Å². The van der Waals surface area contributed by atoms with Crippen LogP contribution in [0.25, 0.3) is 0 Å². The molecular formula is C10H17N3O. The Hall–Kier alpha value is -0.920. The second-order valence-electron chi connectivity index (χ2n) is 3.99. The Bertz CT molecular complexity index is 246. The Balaban J connectivity index is 2.31. The molecule has 78 valence electrons. The highest BCUT2D eigenvalue weighted by Crippen LogP contribution is 2.12. The summed E-state index contributed by atoms with van der Waals surface area (Å²) in [6.45, 7) is 2.53. The molecule has 0 saturated carbocycles. The predicted octanol–water partition coefficient (Wildman–Crippen LogP) is 0.105. The number of likely N-dealkylation sites (tertiary alicyclic amines) is 1. The molecule has 0 aromatic rings. The van der Waals surface area contributed by atoms with Gasteiger partial charge in [0.2, 0.25) is 0 Å². The number of ketones is 1. The number of hydrogen-bond acceptors (Lipinski definition) is 4. The van der Waals surface area contributed by atoms with E-state index in [1.54, 1.807) is 0 Å². The topological polar surface area (TPSA) is 47.3 Å². The maximum absolute atomic E-state index is 11.2. The lowest BCUT2D eigenvalue weighted by molar-refractivity contribution is -0.119. The van der Waals surface area contributed by atoms with Crippen molar-refractivity contribution in [1.29, 1.82) is 5.26 Å². The van der Waals surface area contributed by atoms with E-state index >= 15 is 0 Å². The molecule has 0 amide bonds. The Morgan fingerprint density at radius 3 is 2.93 bits per heavy atom. The lowest BCUT2D eigenvalue weighted by Crippen LogP contribution is -2.37. The molecule has 14 heavy (non-hydrogen) atoms. The van der Waals surface area contributed by atoms with Crippen molar-refractivity contribution in [2.24, 2.45) is 0 Å². The Labute approximate surface area is 85.1 Å². The summed E-state index contributed by atoms with van der Waals surface area (Å²) in [6.07, 6.45) is 1.15. The van der Waals surface area contributed by atoms with Crippen LogP contribution in [-0.2, 0) is 4.79 Å². The number of nitrogens with zero attached hydrogens (tertiary/aromatic N) is 3. The number of carbonyl (C=O) groups is 1. The van der Waals surface area contributed by atoms with E-state index in [-0.39, 0.29) is 12.2 Å². The van der Waals surface area contributed by atoms with Crippen molar-refractivity contribution in [3.63, 3.8) is 0 Å². The van der Waals surface area contributed by atoms with Crippen LogP contribution >= 0.6 is 0 Å². The number of likely N-dealkylation sites (N-methyl/N-ethyl adjacent to an activating group) is 2. The van der Waals surface area contributed by atoms with Crippen molar-refractivity contribution in [2.45, 2.75) is 18.9 Å². The summed E-state index contributed by atoms with van der Waals surface area (Å²) in [4.78, 5) is 15.5. The first kappa shape index (κ1) is 11.2. The van der Waals surface area contributed by atoms with Crippen LogP contribution in [0.1, 0.15) is 12.8 Å². The maximum atomic E-state index is 11.2. The molecule has 1 heterocycles. The van der Waals surface area contributed by atoms with E-state index < -0.39 is 0 Å². The lowest BCUT2D eigenvalue weighted by Gasteiger charge is -2.22. The molecule has 1 unspecified atom stereocenters. The van der Waals surface area contributed by atoms with E-state index in [0.29, 0.717) is 12.6 Å². The van der Waals surface area contributed by atoms with Crippen molar-refractivity contribution < 1.29 is 4.79 Å². The van der Waals surface area contributed by atoms with Gasteiger partial charge in [-0.15, -0.1) is 0 Å². The fraction of sp³-hybridized carbons (Fsp3) is 0.800. The molecule has 0 spiro atoms. The van der Waals surface area contributed by atoms with Crippen molar-refractivity contribution in [3.8, 4) is 6.07 Å². The quantitative estimate of drug-likeness (QED) is 0.638. The first-order valence-electron chi connectivity index (χ1n) is 4.91. The maximum Gasteiger partial charge on any atom is 0.160 e. The summed E-state index contributed by atoms with van der Waals surface area (Å²) < 4.78 is 0. The third kappa shape index (κ3) is 3.09. The molecule has 1 aliphatic heterocycles. The van der Waals surface area contributed by atoms with Crippen LogP contribution < -0.4 is 0 Å². The van der Waals surface area contributed by atoms with Crippen LogP contribution in [0.15, 0.2) is 0 Å². The molecule has 1 saturated heterocycles. The van der Waals surface area contributed by atoms with Crippen molar-refractivity contribution >= 4 is 5.78 Å². The van der Waals surface area contributed by atoms with E-state index in [1.165, 1.54) is 0 Å². The molecule has 1 atom stereocenters. The second kappa shape index (κ2) is 5.08. The summed E-state index contributed by atoms with van der Waals surface area (Å²) in [7, 11) is 4.05. The van der Waals surface area contributed by atoms with Crippen LogP contribution in [-0.4, -0.2) is 55.4 Å². The molecule has 0 bridgehead atoms. The largest absolute Gasteiger partial charge is 0.305 e. The number of rotatable bonds is 4. The molecule has 0 aromatic carbocycles. The zero-order valence-corrected chi connectivity index (χ0v) is 8.86. The van der Waals surface area contributed by atoms with Gasteiger partial charge in [0, 0.05) is 12.6 Å². The van der Waals surface area contributed by atoms with E-state index in [0.717, 1.165) is 19.5 Å². The molecule has 4 heteroatoms. The third-order valence-corrected chi connectivity index (χ3v) is 2.69. The summed E-state index contributed by atoms with van der Waals surface area (Å²) in [5.74, 6) is 0.0181. The molecular weight excluding hydrogens is 178 g/mol. The van der Waals surface area contributed by atoms with E-state index in [9.17, 15) is 4.79 Å². The summed E-state index contributed by atoms with van der Waals surface area (Å²) in [5, 5.41) is 8.36. The molecule has 0 aliphatic carbocycles. The van der Waals surface area contributed by atoms with Gasteiger partial charge in [0.25, 0.3) is 0 Å². The van der Waals surface area contributed by atoms with Crippen LogP contribution in [0.4, 0.5) is 0 Å². The van der Waals surface area contributed by atoms with Crippen LogP contribution in [0, 0.1) is 11.3 Å². The lowest BCUT2D eigenvalue weighted by atomic mass is 10.2. The highest BCUT2D eigenvalue weighted by molar-refractivity contribution is 5.82. The van der Waals surface area contributed by atoms with Gasteiger partial charge in [-0.2, -0.15) is 5.26 Å². The number of carbonyl (C=O) groups excluding carboxylic acids is 1. The highest BCUT2D eigenvalue weighted by Gasteiger charge is 2.24. The highest BCUT2D eigenvalue weighted by atomic mass is 16.1. The third-order valence-electron chi connectivity index (χ3n) is 2.69. The Kier molecular flexibility index (Phi) is 4.05. The molecule has 0 aromatic heterocycles. The van der Waals surface area contributed by atoms with Gasteiger partial charge in [-0.3, -0.25) is 9.69 Å². The number of nitriles is 1. The number of Topliss-reactive ketones (excluding diaryl/α,β-unsaturated/α-hetero) is 1. The molecule has 1 rings (SSSR count). The summed E-state index contributed by atoms with van der Waals surface area (Å²) >= 11 is 0. The van der Waals surface area contributed by atoms with Gasteiger partial charge in [-0.1, -0.05) is 0 Å². The van der Waals surface area contributed by atoms with Gasteiger partial charge in [-0.05, 0) is 27.1 Å². The van der Waals surface area contributed by atoms with Crippen molar-refractivity contribution in [2.75, 3.05) is 33.7 Å². The van der Waals surface area contributed by atoms with E-state index in [2.05, 4.69) is 16.8 Å². The van der Waals surface area contributed by atoms with Gasteiger partial charge in [0.05, 0.1) is 19.0 Å². The zero-order valence-electron chi connectivity index (χ0n) is 8.86. The minimum Gasteiger partial charge on any atom is -0.305 e. The molecule has 1 fully saturated rings. The molecule has 4 nitrogen and oxygen atoms in total. The van der Waals surface area contributed by atoms with Crippen LogP contribution in [0.5, 0.6) is 0 Å². The van der Waals surface area contributed by atoms with Crippen molar-refractivity contribution in [3.05, 3.63) is 0 Å². The predicted molar refractivity (Wildman–Crippen MR) is 53.8 cm³/mol. The molecule has 1 aliphatic rings. The normalized spacial score (nSPS) is 22.6. The summed E-state index contributed by atoms with van der Waals surface area (Å²) in [6, 6.07) is 2.36. The van der Waals surface area contributed by atoms with Crippen molar-refractivity contribution in [1.82, 2.24) is 9.80 Å². The monoisotopic (exact) mass is 195 g/mol. The summed E-state index contributed by atoms with van der Waals surface area (Å²) in [5.41, 5.74) is 0. The van der Waals surface area contributed by atoms with Gasteiger partial charge in [-0.25, -0.2) is 0 Å². The molecule has 0 N–H and O–H groups in total. The SMILES string of the molecule is CN1CCC(N(C)CC(=O)CC#N)C1. The zero-order chi connectivity index (χ0) is 10.6. The number of hydrogen-bond donors (Lipinski definition) is 0. The Morgan fingerprint density at radius 2 is 2.43 bits per heavy atom. The first-order valence-corrected chi connectivity index (χ1v) is 4.91. The fourth-order valence-electron chi connectivity index (χ4n) is 1.82. The van der Waals surface area contributed by atoms with E-state index in [1.807, 2.05) is 13.1 Å².